The molecule has 0 heterocycles. The Balaban J connectivity index is 2.93. The van der Waals surface area contributed by atoms with Crippen LogP contribution in [-0.2, 0) is 9.05 Å². The van der Waals surface area contributed by atoms with E-state index in [0.29, 0.717) is 10.4 Å². The molecule has 1 N–H and O–H groups in total. The summed E-state index contributed by atoms with van der Waals surface area (Å²) >= 11 is 0. The van der Waals surface area contributed by atoms with Gasteiger partial charge in [0.25, 0.3) is 9.05 Å². The van der Waals surface area contributed by atoms with Crippen LogP contribution in [0.25, 0.3) is 17.4 Å². The largest absolute Gasteiger partial charge is 0.510 e. The van der Waals surface area contributed by atoms with Crippen molar-refractivity contribution >= 4 is 37.3 Å². The smallest absolute Gasteiger partial charge is 0.319 e. The molecule has 2 rings (SSSR count). The van der Waals surface area contributed by atoms with Gasteiger partial charge in [-0.2, -0.15) is 4.79 Å². The Bertz CT molecular complexity index is 748. The fraction of sp³-hybridized carbons (Fsp3) is 0.100. The monoisotopic (exact) mass is 270 g/mol. The molecule has 0 aromatic heterocycles. The van der Waals surface area contributed by atoms with E-state index in [9.17, 15) is 13.5 Å². The Morgan fingerprint density at radius 3 is 2.59 bits per heavy atom. The predicted octanol–water partition coefficient (Wildman–Crippen LogP) is -0.245. The molecule has 0 bridgehead atoms. The Kier molecular flexibility index (Phi) is 2.79. The summed E-state index contributed by atoms with van der Waals surface area (Å²) in [6.45, 7) is 0. The van der Waals surface area contributed by atoms with Gasteiger partial charge >= 0.3 is 5.71 Å². The fourth-order valence-electron chi connectivity index (χ4n) is 1.73. The van der Waals surface area contributed by atoms with E-state index in [1.165, 1.54) is 6.08 Å². The van der Waals surface area contributed by atoms with Crippen LogP contribution in [0.15, 0.2) is 24.3 Å². The third kappa shape index (κ3) is 1.98. The lowest BCUT2D eigenvalue weighted by molar-refractivity contribution is -0.00389. The minimum Gasteiger partial charge on any atom is -0.510 e. The second-order valence-electron chi connectivity index (χ2n) is 3.50. The SMILES string of the molecule is [N-]=[N+]=C1C=c2ccccc2=C(O)C1S(=O)(=O)Cl. The zero-order valence-corrected chi connectivity index (χ0v) is 9.98. The number of fused-ring (bicyclic) bond motifs is 1. The molecule has 0 saturated carbocycles. The van der Waals surface area contributed by atoms with Crippen molar-refractivity contribution in [3.05, 3.63) is 40.2 Å². The molecule has 17 heavy (non-hydrogen) atoms. The quantitative estimate of drug-likeness (QED) is 0.434. The summed E-state index contributed by atoms with van der Waals surface area (Å²) < 4.78 is 22.7. The maximum atomic E-state index is 11.3. The summed E-state index contributed by atoms with van der Waals surface area (Å²) in [6, 6.07) is 6.59. The molecular formula is C10H7ClN2O3S. The van der Waals surface area contributed by atoms with Crippen LogP contribution in [0.4, 0.5) is 0 Å². The maximum absolute atomic E-state index is 11.3. The standard InChI is InChI=1S/C10H7ClN2O3S/c11-17(15,16)10-8(13-12)5-6-3-1-2-4-7(6)9(10)14/h1-5,10,14H. The van der Waals surface area contributed by atoms with Gasteiger partial charge in [0.2, 0.25) is 5.25 Å². The number of hydrogen-bond donors (Lipinski definition) is 1. The van der Waals surface area contributed by atoms with Crippen molar-refractivity contribution in [2.75, 3.05) is 0 Å². The molecule has 0 spiro atoms. The van der Waals surface area contributed by atoms with Gasteiger partial charge in [-0.05, 0) is 5.22 Å². The van der Waals surface area contributed by atoms with Crippen LogP contribution in [0, 0.1) is 0 Å². The first-order valence-corrected chi connectivity index (χ1v) is 6.98. The molecule has 0 saturated heterocycles. The molecule has 1 aliphatic rings. The van der Waals surface area contributed by atoms with Crippen LogP contribution in [-0.4, -0.2) is 29.3 Å². The number of hydrogen-bond acceptors (Lipinski definition) is 3. The average molecular weight is 271 g/mol. The Morgan fingerprint density at radius 2 is 2.00 bits per heavy atom. The molecule has 1 aromatic carbocycles. The molecule has 0 aliphatic heterocycles. The lowest BCUT2D eigenvalue weighted by atomic mass is 10.0. The van der Waals surface area contributed by atoms with E-state index in [0.717, 1.165) is 0 Å². The molecule has 0 radical (unpaired) electrons. The molecule has 0 fully saturated rings. The summed E-state index contributed by atoms with van der Waals surface area (Å²) in [5, 5.41) is 9.28. The number of rotatable bonds is 1. The summed E-state index contributed by atoms with van der Waals surface area (Å²) in [7, 11) is 1.11. The Hall–Kier alpha value is -1.62. The number of aliphatic hydroxyl groups is 1. The van der Waals surface area contributed by atoms with Crippen molar-refractivity contribution in [1.82, 2.24) is 0 Å². The van der Waals surface area contributed by atoms with E-state index < -0.39 is 20.1 Å². The highest BCUT2D eigenvalue weighted by Crippen LogP contribution is 2.17. The molecule has 1 aliphatic carbocycles. The van der Waals surface area contributed by atoms with Crippen LogP contribution < -0.4 is 10.4 Å². The zero-order chi connectivity index (χ0) is 12.6. The number of aliphatic hydroxyl groups excluding tert-OH is 1. The number of benzene rings is 1. The third-order valence-electron chi connectivity index (χ3n) is 2.45. The van der Waals surface area contributed by atoms with Crippen LogP contribution >= 0.6 is 10.7 Å². The van der Waals surface area contributed by atoms with Crippen LogP contribution in [0.5, 0.6) is 0 Å². The van der Waals surface area contributed by atoms with Crippen molar-refractivity contribution in [1.29, 1.82) is 0 Å². The van der Waals surface area contributed by atoms with E-state index in [1.807, 2.05) is 0 Å². The second kappa shape index (κ2) is 4.00. The van der Waals surface area contributed by atoms with E-state index in [-0.39, 0.29) is 5.71 Å². The summed E-state index contributed by atoms with van der Waals surface area (Å²) in [4.78, 5) is 2.86. The zero-order valence-electron chi connectivity index (χ0n) is 8.41. The van der Waals surface area contributed by atoms with Crippen LogP contribution in [0.2, 0.25) is 0 Å². The molecule has 1 aromatic rings. The lowest BCUT2D eigenvalue weighted by Crippen LogP contribution is -2.42. The first-order chi connectivity index (χ1) is 7.95. The predicted molar refractivity (Wildman–Crippen MR) is 63.4 cm³/mol. The summed E-state index contributed by atoms with van der Waals surface area (Å²) in [6.07, 6.45) is 1.36. The highest BCUT2D eigenvalue weighted by atomic mass is 35.7. The van der Waals surface area contributed by atoms with Gasteiger partial charge in [0.1, 0.15) is 5.76 Å². The molecule has 1 atom stereocenters. The van der Waals surface area contributed by atoms with Crippen molar-refractivity contribution in [2.45, 2.75) is 5.25 Å². The minimum atomic E-state index is -4.12. The van der Waals surface area contributed by atoms with E-state index in [4.69, 9.17) is 16.2 Å². The third-order valence-corrected chi connectivity index (χ3v) is 4.02. The van der Waals surface area contributed by atoms with Gasteiger partial charge in [0.15, 0.2) is 0 Å². The maximum Gasteiger partial charge on any atom is 0.319 e. The molecule has 88 valence electrons. The first kappa shape index (κ1) is 11.9. The Labute approximate surface area is 101 Å². The van der Waals surface area contributed by atoms with Crippen LogP contribution in [0.3, 0.4) is 0 Å². The van der Waals surface area contributed by atoms with Gasteiger partial charge < -0.3 is 10.6 Å². The van der Waals surface area contributed by atoms with E-state index in [1.54, 1.807) is 24.3 Å². The summed E-state index contributed by atoms with van der Waals surface area (Å²) in [5.74, 6) is -0.439. The van der Waals surface area contributed by atoms with Crippen molar-refractivity contribution in [3.63, 3.8) is 0 Å². The van der Waals surface area contributed by atoms with Crippen molar-refractivity contribution < 1.29 is 18.3 Å². The van der Waals surface area contributed by atoms with Gasteiger partial charge in [0.05, 0.1) is 0 Å². The molecule has 0 amide bonds. The van der Waals surface area contributed by atoms with Gasteiger partial charge in [-0.25, -0.2) is 8.42 Å². The average Bonchev–Trinajstić information content (AvgIpc) is 2.27. The minimum absolute atomic E-state index is 0.212. The fourth-order valence-corrected chi connectivity index (χ4v) is 3.06. The molecule has 1 unspecified atom stereocenters. The van der Waals surface area contributed by atoms with Crippen molar-refractivity contribution in [2.24, 2.45) is 0 Å². The van der Waals surface area contributed by atoms with Gasteiger partial charge in [-0.1, -0.05) is 24.3 Å². The molecular weight excluding hydrogens is 264 g/mol. The van der Waals surface area contributed by atoms with Crippen molar-refractivity contribution in [3.8, 4) is 0 Å². The topological polar surface area (TPSA) is 90.8 Å². The van der Waals surface area contributed by atoms with E-state index >= 15 is 0 Å². The second-order valence-corrected chi connectivity index (χ2v) is 6.21. The van der Waals surface area contributed by atoms with E-state index in [2.05, 4.69) is 4.79 Å². The summed E-state index contributed by atoms with van der Waals surface area (Å²) in [5.41, 5.74) is 8.57. The highest BCUT2D eigenvalue weighted by Gasteiger charge is 2.39. The molecule has 7 heteroatoms. The van der Waals surface area contributed by atoms with Gasteiger partial charge in [0, 0.05) is 22.0 Å². The Morgan fingerprint density at radius 1 is 1.35 bits per heavy atom. The highest BCUT2D eigenvalue weighted by molar-refractivity contribution is 8.15. The lowest BCUT2D eigenvalue weighted by Gasteiger charge is -2.10. The van der Waals surface area contributed by atoms with Gasteiger partial charge in [-0.15, -0.1) is 0 Å². The first-order valence-electron chi connectivity index (χ1n) is 4.60. The normalized spacial score (nSPS) is 19.2. The number of nitrogens with zero attached hydrogens (tertiary/aromatic N) is 2. The molecule has 5 nitrogen and oxygen atoms in total. The van der Waals surface area contributed by atoms with Gasteiger partial charge in [-0.3, -0.25) is 0 Å². The van der Waals surface area contributed by atoms with Crippen LogP contribution in [0.1, 0.15) is 0 Å². The number of halogens is 1.